The van der Waals surface area contributed by atoms with Crippen molar-refractivity contribution in [3.63, 3.8) is 0 Å². The second kappa shape index (κ2) is 5.93. The molecular formula is C17H19N3OS. The third kappa shape index (κ3) is 2.64. The molecule has 3 rings (SSSR count). The molecule has 0 bridgehead atoms. The van der Waals surface area contributed by atoms with Gasteiger partial charge in [-0.05, 0) is 45.0 Å². The number of nitrogens with one attached hydrogen (secondary N) is 1. The Labute approximate surface area is 133 Å². The first-order valence-corrected chi connectivity index (χ1v) is 8.28. The number of benzene rings is 1. The van der Waals surface area contributed by atoms with Crippen molar-refractivity contribution in [1.29, 1.82) is 0 Å². The van der Waals surface area contributed by atoms with E-state index in [1.54, 1.807) is 0 Å². The lowest BCUT2D eigenvalue weighted by Gasteiger charge is -2.06. The smallest absolute Gasteiger partial charge is 0.261 e. The van der Waals surface area contributed by atoms with Gasteiger partial charge in [0.2, 0.25) is 0 Å². The van der Waals surface area contributed by atoms with E-state index < -0.39 is 0 Å². The van der Waals surface area contributed by atoms with E-state index in [0.717, 1.165) is 33.2 Å². The number of fused-ring (bicyclic) bond motifs is 1. The van der Waals surface area contributed by atoms with Gasteiger partial charge in [-0.3, -0.25) is 4.79 Å². The van der Waals surface area contributed by atoms with Crippen molar-refractivity contribution in [2.75, 3.05) is 0 Å². The predicted molar refractivity (Wildman–Crippen MR) is 91.3 cm³/mol. The SMILES string of the molecule is CCn1c(-c2ccc(C(=O)NC(C)C)s2)nc2ccccc21. The second-order valence-corrected chi connectivity index (χ2v) is 6.54. The second-order valence-electron chi connectivity index (χ2n) is 5.46. The number of aryl methyl sites for hydroxylation is 1. The lowest BCUT2D eigenvalue weighted by molar-refractivity contribution is 0.0947. The van der Waals surface area contributed by atoms with Crippen LogP contribution in [0.25, 0.3) is 21.7 Å². The van der Waals surface area contributed by atoms with Gasteiger partial charge in [-0.1, -0.05) is 12.1 Å². The Hall–Kier alpha value is -2.14. The molecular weight excluding hydrogens is 294 g/mol. The van der Waals surface area contributed by atoms with Crippen LogP contribution in [0, 0.1) is 0 Å². The quantitative estimate of drug-likeness (QED) is 0.793. The van der Waals surface area contributed by atoms with E-state index in [9.17, 15) is 4.79 Å². The Balaban J connectivity index is 2.01. The molecule has 114 valence electrons. The van der Waals surface area contributed by atoms with Gasteiger partial charge >= 0.3 is 0 Å². The number of thiophene rings is 1. The maximum absolute atomic E-state index is 12.1. The number of carbonyl (C=O) groups excluding carboxylic acids is 1. The molecule has 5 heteroatoms. The van der Waals surface area contributed by atoms with Crippen LogP contribution in [0.5, 0.6) is 0 Å². The van der Waals surface area contributed by atoms with E-state index in [1.807, 2.05) is 44.2 Å². The minimum absolute atomic E-state index is 0.0228. The first-order chi connectivity index (χ1) is 10.6. The number of amides is 1. The number of rotatable bonds is 4. The fourth-order valence-corrected chi connectivity index (χ4v) is 3.40. The molecule has 2 heterocycles. The van der Waals surface area contributed by atoms with Gasteiger partial charge in [0.1, 0.15) is 0 Å². The molecule has 0 unspecified atom stereocenters. The molecule has 0 spiro atoms. The topological polar surface area (TPSA) is 46.9 Å². The summed E-state index contributed by atoms with van der Waals surface area (Å²) in [6.45, 7) is 6.88. The monoisotopic (exact) mass is 313 g/mol. The van der Waals surface area contributed by atoms with Crippen molar-refractivity contribution < 1.29 is 4.79 Å². The molecule has 0 aliphatic carbocycles. The fourth-order valence-electron chi connectivity index (χ4n) is 2.50. The summed E-state index contributed by atoms with van der Waals surface area (Å²) in [7, 11) is 0. The Morgan fingerprint density at radius 1 is 1.27 bits per heavy atom. The first-order valence-electron chi connectivity index (χ1n) is 7.46. The number of para-hydroxylation sites is 2. The standard InChI is InChI=1S/C17H19N3OS/c1-4-20-13-8-6-5-7-12(13)19-16(20)14-9-10-15(22-14)17(21)18-11(2)3/h5-11H,4H2,1-3H3,(H,18,21). The molecule has 0 atom stereocenters. The Morgan fingerprint density at radius 2 is 2.05 bits per heavy atom. The van der Waals surface area contributed by atoms with Crippen LogP contribution in [-0.4, -0.2) is 21.5 Å². The Morgan fingerprint density at radius 3 is 2.77 bits per heavy atom. The van der Waals surface area contributed by atoms with Gasteiger partial charge in [0, 0.05) is 12.6 Å². The highest BCUT2D eigenvalue weighted by Crippen LogP contribution is 2.30. The number of hydrogen-bond acceptors (Lipinski definition) is 3. The largest absolute Gasteiger partial charge is 0.349 e. The molecule has 4 nitrogen and oxygen atoms in total. The summed E-state index contributed by atoms with van der Waals surface area (Å²) in [4.78, 5) is 18.6. The number of hydrogen-bond donors (Lipinski definition) is 1. The zero-order valence-electron chi connectivity index (χ0n) is 13.0. The average molecular weight is 313 g/mol. The van der Waals surface area contributed by atoms with Crippen LogP contribution in [0.1, 0.15) is 30.4 Å². The van der Waals surface area contributed by atoms with Gasteiger partial charge in [0.25, 0.3) is 5.91 Å². The summed E-state index contributed by atoms with van der Waals surface area (Å²) in [6, 6.07) is 12.1. The molecule has 0 radical (unpaired) electrons. The fraction of sp³-hybridized carbons (Fsp3) is 0.294. The van der Waals surface area contributed by atoms with E-state index >= 15 is 0 Å². The molecule has 3 aromatic rings. The minimum Gasteiger partial charge on any atom is -0.349 e. The van der Waals surface area contributed by atoms with Crippen LogP contribution in [0.3, 0.4) is 0 Å². The van der Waals surface area contributed by atoms with E-state index in [-0.39, 0.29) is 11.9 Å². The van der Waals surface area contributed by atoms with Gasteiger partial charge in [-0.25, -0.2) is 4.98 Å². The Kier molecular flexibility index (Phi) is 3.98. The van der Waals surface area contributed by atoms with Crippen LogP contribution in [0.15, 0.2) is 36.4 Å². The maximum Gasteiger partial charge on any atom is 0.261 e. The van der Waals surface area contributed by atoms with Crippen LogP contribution >= 0.6 is 11.3 Å². The zero-order chi connectivity index (χ0) is 15.7. The molecule has 0 saturated heterocycles. The minimum atomic E-state index is -0.0228. The molecule has 1 aromatic carbocycles. The summed E-state index contributed by atoms with van der Waals surface area (Å²) in [5.41, 5.74) is 2.11. The van der Waals surface area contributed by atoms with Crippen LogP contribution in [0.2, 0.25) is 0 Å². The number of nitrogens with zero attached hydrogens (tertiary/aromatic N) is 2. The van der Waals surface area contributed by atoms with Gasteiger partial charge in [-0.2, -0.15) is 0 Å². The van der Waals surface area contributed by atoms with Gasteiger partial charge in [0.15, 0.2) is 5.82 Å². The third-order valence-electron chi connectivity index (χ3n) is 3.44. The highest BCUT2D eigenvalue weighted by Gasteiger charge is 2.16. The number of imidazole rings is 1. The third-order valence-corrected chi connectivity index (χ3v) is 4.52. The van der Waals surface area contributed by atoms with Gasteiger partial charge < -0.3 is 9.88 Å². The first kappa shape index (κ1) is 14.8. The summed E-state index contributed by atoms with van der Waals surface area (Å²) in [5.74, 6) is 0.905. The molecule has 0 aliphatic heterocycles. The van der Waals surface area contributed by atoms with E-state index in [1.165, 1.54) is 11.3 Å². The van der Waals surface area contributed by atoms with Crippen molar-refractivity contribution in [3.8, 4) is 10.7 Å². The Bertz CT molecular complexity index is 816. The van der Waals surface area contributed by atoms with Crippen molar-refractivity contribution >= 4 is 28.3 Å². The molecule has 1 N–H and O–H groups in total. The predicted octanol–water partition coefficient (Wildman–Crippen LogP) is 3.92. The summed E-state index contributed by atoms with van der Waals surface area (Å²) < 4.78 is 2.19. The number of aromatic nitrogens is 2. The summed E-state index contributed by atoms with van der Waals surface area (Å²) in [6.07, 6.45) is 0. The maximum atomic E-state index is 12.1. The molecule has 22 heavy (non-hydrogen) atoms. The van der Waals surface area contributed by atoms with E-state index in [4.69, 9.17) is 4.98 Å². The summed E-state index contributed by atoms with van der Waals surface area (Å²) >= 11 is 1.49. The van der Waals surface area contributed by atoms with E-state index in [0.29, 0.717) is 0 Å². The van der Waals surface area contributed by atoms with Crippen molar-refractivity contribution in [2.24, 2.45) is 0 Å². The molecule has 0 aliphatic rings. The normalized spacial score (nSPS) is 11.3. The zero-order valence-corrected chi connectivity index (χ0v) is 13.8. The van der Waals surface area contributed by atoms with Crippen LogP contribution < -0.4 is 5.32 Å². The average Bonchev–Trinajstić information content (AvgIpc) is 3.10. The van der Waals surface area contributed by atoms with Gasteiger partial charge in [0.05, 0.1) is 20.8 Å². The van der Waals surface area contributed by atoms with Crippen LogP contribution in [0.4, 0.5) is 0 Å². The van der Waals surface area contributed by atoms with Gasteiger partial charge in [-0.15, -0.1) is 11.3 Å². The molecule has 2 aromatic heterocycles. The lowest BCUT2D eigenvalue weighted by atomic mass is 10.3. The highest BCUT2D eigenvalue weighted by atomic mass is 32.1. The summed E-state index contributed by atoms with van der Waals surface area (Å²) in [5, 5.41) is 2.92. The molecule has 1 amide bonds. The van der Waals surface area contributed by atoms with Crippen molar-refractivity contribution in [3.05, 3.63) is 41.3 Å². The van der Waals surface area contributed by atoms with Crippen molar-refractivity contribution in [1.82, 2.24) is 14.9 Å². The van der Waals surface area contributed by atoms with E-state index in [2.05, 4.69) is 22.9 Å². The number of carbonyl (C=O) groups is 1. The molecule has 0 saturated carbocycles. The van der Waals surface area contributed by atoms with Crippen molar-refractivity contribution in [2.45, 2.75) is 33.4 Å². The van der Waals surface area contributed by atoms with Crippen LogP contribution in [-0.2, 0) is 6.54 Å². The lowest BCUT2D eigenvalue weighted by Crippen LogP contribution is -2.29. The highest BCUT2D eigenvalue weighted by molar-refractivity contribution is 7.17. The molecule has 0 fully saturated rings.